The Morgan fingerprint density at radius 2 is 1.72 bits per heavy atom. The second kappa shape index (κ2) is 9.02. The second-order valence-electron chi connectivity index (χ2n) is 6.38. The molecular formula is C19H23ClN2O2S. The Labute approximate surface area is 157 Å². The number of halogens is 1. The molecule has 0 aliphatic heterocycles. The first-order valence-electron chi connectivity index (χ1n) is 8.26. The number of hydrogen-bond acceptors (Lipinski definition) is 3. The van der Waals surface area contributed by atoms with Gasteiger partial charge in [0.15, 0.2) is 0 Å². The van der Waals surface area contributed by atoms with Crippen molar-refractivity contribution in [2.45, 2.75) is 39.3 Å². The average molecular weight is 379 g/mol. The van der Waals surface area contributed by atoms with E-state index in [0.717, 1.165) is 10.4 Å². The summed E-state index contributed by atoms with van der Waals surface area (Å²) in [5.74, 6) is -0.141. The van der Waals surface area contributed by atoms with Crippen molar-refractivity contribution in [2.24, 2.45) is 5.92 Å². The van der Waals surface area contributed by atoms with Crippen molar-refractivity contribution >= 4 is 34.8 Å². The van der Waals surface area contributed by atoms with E-state index in [1.807, 2.05) is 63.2 Å². The maximum Gasteiger partial charge on any atom is 0.247 e. The van der Waals surface area contributed by atoms with Gasteiger partial charge in [0, 0.05) is 11.3 Å². The van der Waals surface area contributed by atoms with Gasteiger partial charge in [-0.2, -0.15) is 0 Å². The van der Waals surface area contributed by atoms with Gasteiger partial charge in [-0.05, 0) is 30.5 Å². The molecule has 25 heavy (non-hydrogen) atoms. The Balaban J connectivity index is 2.13. The number of thiophene rings is 1. The molecule has 1 heterocycles. The van der Waals surface area contributed by atoms with E-state index in [0.29, 0.717) is 10.8 Å². The lowest BCUT2D eigenvalue weighted by Crippen LogP contribution is -2.41. The zero-order valence-corrected chi connectivity index (χ0v) is 16.2. The highest BCUT2D eigenvalue weighted by Gasteiger charge is 2.24. The fourth-order valence-corrected chi connectivity index (χ4v) is 3.53. The van der Waals surface area contributed by atoms with Crippen molar-refractivity contribution < 1.29 is 9.59 Å². The van der Waals surface area contributed by atoms with Crippen LogP contribution >= 0.6 is 22.9 Å². The highest BCUT2D eigenvalue weighted by Crippen LogP contribution is 2.27. The highest BCUT2D eigenvalue weighted by atomic mass is 35.5. The van der Waals surface area contributed by atoms with E-state index in [1.54, 1.807) is 0 Å². The zero-order chi connectivity index (χ0) is 18.4. The summed E-state index contributed by atoms with van der Waals surface area (Å²) in [6, 6.07) is 12.1. The van der Waals surface area contributed by atoms with Gasteiger partial charge in [0.05, 0.1) is 10.4 Å². The monoisotopic (exact) mass is 378 g/mol. The fourth-order valence-electron chi connectivity index (χ4n) is 2.47. The molecule has 2 aromatic rings. The van der Waals surface area contributed by atoms with Crippen LogP contribution in [-0.4, -0.2) is 11.8 Å². The van der Waals surface area contributed by atoms with Crippen LogP contribution in [0.5, 0.6) is 0 Å². The van der Waals surface area contributed by atoms with Gasteiger partial charge in [0.25, 0.3) is 0 Å². The van der Waals surface area contributed by atoms with Gasteiger partial charge < -0.3 is 10.6 Å². The van der Waals surface area contributed by atoms with Crippen molar-refractivity contribution in [3.05, 3.63) is 57.2 Å². The van der Waals surface area contributed by atoms with E-state index in [9.17, 15) is 9.59 Å². The Morgan fingerprint density at radius 3 is 2.28 bits per heavy atom. The summed E-state index contributed by atoms with van der Waals surface area (Å²) in [6.07, 6.45) is 0.382. The maximum atomic E-state index is 12.8. The molecule has 0 aliphatic rings. The molecule has 2 rings (SSSR count). The fraction of sp³-hybridized carbons (Fsp3) is 0.368. The number of carbonyl (C=O) groups is 2. The van der Waals surface area contributed by atoms with Crippen LogP contribution in [0.1, 0.15) is 49.7 Å². The molecule has 0 saturated carbocycles. The van der Waals surface area contributed by atoms with Crippen LogP contribution in [0, 0.1) is 5.92 Å². The van der Waals surface area contributed by atoms with Crippen LogP contribution < -0.4 is 10.6 Å². The first kappa shape index (κ1) is 19.5. The standard InChI is InChI=1S/C19H23ClN2O2S/c1-12(2)11-17(23)22-18(14-7-5-4-6-8-14)19(24)21-13(3)15-9-10-16(20)25-15/h4-10,12-13,18H,11H2,1-3H3,(H,21,24)(H,22,23). The molecular weight excluding hydrogens is 356 g/mol. The minimum Gasteiger partial charge on any atom is -0.347 e. The number of rotatable bonds is 7. The Kier molecular flexibility index (Phi) is 7.02. The highest BCUT2D eigenvalue weighted by molar-refractivity contribution is 7.16. The molecule has 134 valence electrons. The molecule has 0 saturated heterocycles. The summed E-state index contributed by atoms with van der Waals surface area (Å²) in [6.45, 7) is 5.84. The smallest absolute Gasteiger partial charge is 0.247 e. The van der Waals surface area contributed by atoms with Gasteiger partial charge in [-0.25, -0.2) is 0 Å². The molecule has 0 bridgehead atoms. The molecule has 2 N–H and O–H groups in total. The minimum absolute atomic E-state index is 0.133. The van der Waals surface area contributed by atoms with E-state index < -0.39 is 6.04 Å². The minimum atomic E-state index is -0.717. The maximum absolute atomic E-state index is 12.8. The number of amides is 2. The van der Waals surface area contributed by atoms with Crippen molar-refractivity contribution in [1.29, 1.82) is 0 Å². The van der Waals surface area contributed by atoms with E-state index in [2.05, 4.69) is 10.6 Å². The Morgan fingerprint density at radius 1 is 1.04 bits per heavy atom. The third-order valence-corrected chi connectivity index (χ3v) is 5.09. The van der Waals surface area contributed by atoms with Gasteiger partial charge in [-0.1, -0.05) is 55.8 Å². The lowest BCUT2D eigenvalue weighted by molar-refractivity contribution is -0.129. The van der Waals surface area contributed by atoms with E-state index >= 15 is 0 Å². The number of carbonyl (C=O) groups excluding carboxylic acids is 2. The van der Waals surface area contributed by atoms with E-state index in [-0.39, 0.29) is 23.8 Å². The molecule has 1 aromatic heterocycles. The molecule has 2 amide bonds. The second-order valence-corrected chi connectivity index (χ2v) is 8.13. The van der Waals surface area contributed by atoms with Crippen molar-refractivity contribution in [1.82, 2.24) is 10.6 Å². The van der Waals surface area contributed by atoms with Gasteiger partial charge >= 0.3 is 0 Å². The van der Waals surface area contributed by atoms with Crippen LogP contribution in [0.3, 0.4) is 0 Å². The Bertz CT molecular complexity index is 715. The van der Waals surface area contributed by atoms with Crippen LogP contribution in [-0.2, 0) is 9.59 Å². The van der Waals surface area contributed by atoms with Crippen molar-refractivity contribution in [2.75, 3.05) is 0 Å². The summed E-state index contributed by atoms with van der Waals surface area (Å²) < 4.78 is 0.681. The summed E-state index contributed by atoms with van der Waals surface area (Å²) in [5.41, 5.74) is 0.758. The number of hydrogen-bond donors (Lipinski definition) is 2. The summed E-state index contributed by atoms with van der Waals surface area (Å²) in [5, 5.41) is 5.82. The van der Waals surface area contributed by atoms with Gasteiger partial charge in [0.2, 0.25) is 11.8 Å². The molecule has 2 atom stereocenters. The van der Waals surface area contributed by atoms with E-state index in [4.69, 9.17) is 11.6 Å². The van der Waals surface area contributed by atoms with Crippen molar-refractivity contribution in [3.8, 4) is 0 Å². The molecule has 0 spiro atoms. The first-order chi connectivity index (χ1) is 11.9. The van der Waals surface area contributed by atoms with Crippen LogP contribution in [0.4, 0.5) is 0 Å². The van der Waals surface area contributed by atoms with Gasteiger partial charge in [0.1, 0.15) is 6.04 Å². The van der Waals surface area contributed by atoms with Crippen LogP contribution in [0.25, 0.3) is 0 Å². The topological polar surface area (TPSA) is 58.2 Å². The zero-order valence-electron chi connectivity index (χ0n) is 14.6. The van der Waals surface area contributed by atoms with Gasteiger partial charge in [-0.15, -0.1) is 11.3 Å². The molecule has 1 aromatic carbocycles. The predicted molar refractivity (Wildman–Crippen MR) is 103 cm³/mol. The molecule has 2 unspecified atom stereocenters. The SMILES string of the molecule is CC(C)CC(=O)NC(C(=O)NC(C)c1ccc(Cl)s1)c1ccccc1. The molecule has 0 fully saturated rings. The molecule has 0 aliphatic carbocycles. The first-order valence-corrected chi connectivity index (χ1v) is 9.46. The average Bonchev–Trinajstić information content (AvgIpc) is 2.99. The van der Waals surface area contributed by atoms with Crippen molar-refractivity contribution in [3.63, 3.8) is 0 Å². The van der Waals surface area contributed by atoms with Crippen LogP contribution in [0.15, 0.2) is 42.5 Å². The van der Waals surface area contributed by atoms with Gasteiger partial charge in [-0.3, -0.25) is 9.59 Å². The molecule has 6 heteroatoms. The lowest BCUT2D eigenvalue weighted by atomic mass is 10.0. The third kappa shape index (κ3) is 5.87. The summed E-state index contributed by atoms with van der Waals surface area (Å²) in [4.78, 5) is 26.0. The molecule has 4 nitrogen and oxygen atoms in total. The largest absolute Gasteiger partial charge is 0.347 e. The number of benzene rings is 1. The summed E-state index contributed by atoms with van der Waals surface area (Å²) >= 11 is 7.40. The number of nitrogens with one attached hydrogen (secondary N) is 2. The third-order valence-electron chi connectivity index (χ3n) is 3.67. The molecule has 0 radical (unpaired) electrons. The van der Waals surface area contributed by atoms with E-state index in [1.165, 1.54) is 11.3 Å². The normalized spacial score (nSPS) is 13.3. The summed E-state index contributed by atoms with van der Waals surface area (Å²) in [7, 11) is 0. The quantitative estimate of drug-likeness (QED) is 0.746. The predicted octanol–water partition coefficient (Wildman–Crippen LogP) is 4.48. The van der Waals surface area contributed by atoms with Crippen LogP contribution in [0.2, 0.25) is 4.34 Å². The lowest BCUT2D eigenvalue weighted by Gasteiger charge is -2.22. The Hall–Kier alpha value is -1.85.